The second-order valence-corrected chi connectivity index (χ2v) is 5.18. The van der Waals surface area contributed by atoms with Crippen LogP contribution in [-0.2, 0) is 28.6 Å². The summed E-state index contributed by atoms with van der Waals surface area (Å²) in [5.74, 6) is -1.34. The molecule has 0 bridgehead atoms. The van der Waals surface area contributed by atoms with Gasteiger partial charge in [0.15, 0.2) is 18.1 Å². The lowest BCUT2D eigenvalue weighted by atomic mass is 10.2. The molecule has 26 heavy (non-hydrogen) atoms. The number of rotatable bonds is 4. The van der Waals surface area contributed by atoms with Gasteiger partial charge in [-0.3, -0.25) is 20.4 Å². The number of amides is 2. The molecule has 0 saturated carbocycles. The average molecular weight is 364 g/mol. The molecule has 1 aromatic rings. The third kappa shape index (κ3) is 4.35. The predicted octanol–water partition coefficient (Wildman–Crippen LogP) is -0.595. The first-order valence-corrected chi connectivity index (χ1v) is 7.72. The Labute approximate surface area is 148 Å². The van der Waals surface area contributed by atoms with Crippen LogP contribution in [-0.4, -0.2) is 50.3 Å². The van der Waals surface area contributed by atoms with E-state index in [1.165, 1.54) is 0 Å². The highest BCUT2D eigenvalue weighted by molar-refractivity contribution is 5.89. The van der Waals surface area contributed by atoms with Crippen LogP contribution in [0.5, 0.6) is 11.5 Å². The molecule has 0 radical (unpaired) electrons. The number of nitrogens with one attached hydrogen (secondary N) is 2. The minimum atomic E-state index is -0.925. The first kappa shape index (κ1) is 17.4. The van der Waals surface area contributed by atoms with Crippen LogP contribution in [0.2, 0.25) is 0 Å². The molecule has 0 fully saturated rings. The summed E-state index contributed by atoms with van der Waals surface area (Å²) >= 11 is 0. The van der Waals surface area contributed by atoms with Gasteiger partial charge in [-0.05, 0) is 12.1 Å². The van der Waals surface area contributed by atoms with Crippen molar-refractivity contribution in [2.45, 2.75) is 6.10 Å². The van der Waals surface area contributed by atoms with E-state index < -0.39 is 30.5 Å². The van der Waals surface area contributed by atoms with Crippen molar-refractivity contribution in [3.63, 3.8) is 0 Å². The molecule has 2 amide bonds. The summed E-state index contributed by atoms with van der Waals surface area (Å²) < 4.78 is 25.6. The molecule has 1 aromatic carbocycles. The van der Waals surface area contributed by atoms with Gasteiger partial charge >= 0.3 is 5.97 Å². The van der Waals surface area contributed by atoms with Gasteiger partial charge in [0.25, 0.3) is 11.8 Å². The average Bonchev–Trinajstić information content (AvgIpc) is 2.70. The lowest BCUT2D eigenvalue weighted by molar-refractivity contribution is -0.149. The first-order chi connectivity index (χ1) is 12.6. The maximum Gasteiger partial charge on any atom is 0.377 e. The lowest BCUT2D eigenvalue weighted by Crippen LogP contribution is -2.51. The van der Waals surface area contributed by atoms with Crippen LogP contribution in [0.4, 0.5) is 0 Å². The Morgan fingerprint density at radius 1 is 1.08 bits per heavy atom. The van der Waals surface area contributed by atoms with Crippen LogP contribution in [0, 0.1) is 0 Å². The van der Waals surface area contributed by atoms with Crippen LogP contribution < -0.4 is 20.3 Å². The zero-order chi connectivity index (χ0) is 18.4. The Morgan fingerprint density at radius 3 is 2.65 bits per heavy atom. The molecule has 0 aromatic heterocycles. The van der Waals surface area contributed by atoms with Gasteiger partial charge in [-0.15, -0.1) is 0 Å². The van der Waals surface area contributed by atoms with Crippen LogP contribution >= 0.6 is 0 Å². The normalized spacial score (nSPS) is 17.7. The van der Waals surface area contributed by atoms with Gasteiger partial charge in [0.2, 0.25) is 11.9 Å². The number of hydrogen-bond acceptors (Lipinski definition) is 8. The van der Waals surface area contributed by atoms with E-state index in [0.29, 0.717) is 18.1 Å². The van der Waals surface area contributed by atoms with Crippen LogP contribution in [0.3, 0.4) is 0 Å². The van der Waals surface area contributed by atoms with Crippen molar-refractivity contribution in [2.24, 2.45) is 0 Å². The highest BCUT2D eigenvalue weighted by Crippen LogP contribution is 2.30. The van der Waals surface area contributed by atoms with E-state index in [2.05, 4.69) is 10.9 Å². The Bertz CT molecular complexity index is 733. The number of para-hydroxylation sites is 2. The Kier molecular flexibility index (Phi) is 5.42. The molecular formula is C16H16N2O8. The third-order valence-corrected chi connectivity index (χ3v) is 3.31. The summed E-state index contributed by atoms with van der Waals surface area (Å²) in [6.45, 7) is -0.0552. The topological polar surface area (TPSA) is 121 Å². The van der Waals surface area contributed by atoms with Gasteiger partial charge in [-0.1, -0.05) is 12.1 Å². The number of hydrazine groups is 1. The van der Waals surface area contributed by atoms with Crippen molar-refractivity contribution in [3.8, 4) is 11.5 Å². The molecule has 10 nitrogen and oxygen atoms in total. The van der Waals surface area contributed by atoms with Gasteiger partial charge in [0.05, 0.1) is 0 Å². The van der Waals surface area contributed by atoms with Crippen molar-refractivity contribution < 1.29 is 38.1 Å². The number of carbonyl (C=O) groups excluding carboxylic acids is 3. The van der Waals surface area contributed by atoms with Gasteiger partial charge in [0, 0.05) is 0 Å². The fourth-order valence-corrected chi connectivity index (χ4v) is 2.07. The molecule has 0 aliphatic carbocycles. The van der Waals surface area contributed by atoms with E-state index in [9.17, 15) is 14.4 Å². The molecule has 3 rings (SSSR count). The Balaban J connectivity index is 1.40. The summed E-state index contributed by atoms with van der Waals surface area (Å²) in [5, 5.41) is 0. The van der Waals surface area contributed by atoms with Crippen LogP contribution in [0.1, 0.15) is 0 Å². The zero-order valence-corrected chi connectivity index (χ0v) is 13.6. The van der Waals surface area contributed by atoms with Gasteiger partial charge in [-0.2, -0.15) is 0 Å². The SMILES string of the molecule is O=C(COC(=O)C1=COCCO1)NNC(=O)[C@@H]1COc2ccccc2O1. The molecular weight excluding hydrogens is 348 g/mol. The van der Waals surface area contributed by atoms with Gasteiger partial charge < -0.3 is 23.7 Å². The van der Waals surface area contributed by atoms with E-state index in [1.54, 1.807) is 24.3 Å². The number of carbonyl (C=O) groups is 3. The Hall–Kier alpha value is -3.43. The fraction of sp³-hybridized carbons (Fsp3) is 0.312. The Morgan fingerprint density at radius 2 is 1.88 bits per heavy atom. The maximum atomic E-state index is 12.0. The molecule has 138 valence electrons. The highest BCUT2D eigenvalue weighted by Gasteiger charge is 2.27. The summed E-state index contributed by atoms with van der Waals surface area (Å²) in [4.78, 5) is 35.3. The smallest absolute Gasteiger partial charge is 0.377 e. The third-order valence-electron chi connectivity index (χ3n) is 3.31. The minimum absolute atomic E-state index is 0.000797. The quantitative estimate of drug-likeness (QED) is 0.537. The van der Waals surface area contributed by atoms with E-state index in [4.69, 9.17) is 23.7 Å². The first-order valence-electron chi connectivity index (χ1n) is 7.72. The lowest BCUT2D eigenvalue weighted by Gasteiger charge is -2.25. The van der Waals surface area contributed by atoms with Crippen LogP contribution in [0.25, 0.3) is 0 Å². The van der Waals surface area contributed by atoms with Gasteiger partial charge in [0.1, 0.15) is 26.1 Å². The summed E-state index contributed by atoms with van der Waals surface area (Å²) in [6.07, 6.45) is 0.190. The minimum Gasteiger partial charge on any atom is -0.493 e. The van der Waals surface area contributed by atoms with E-state index >= 15 is 0 Å². The summed E-state index contributed by atoms with van der Waals surface area (Å²) in [5.41, 5.74) is 4.30. The molecule has 2 aliphatic heterocycles. The molecule has 2 aliphatic rings. The summed E-state index contributed by atoms with van der Waals surface area (Å²) in [7, 11) is 0. The van der Waals surface area contributed by atoms with Crippen LogP contribution in [0.15, 0.2) is 36.3 Å². The molecule has 0 unspecified atom stereocenters. The molecule has 2 heterocycles. The van der Waals surface area contributed by atoms with Crippen molar-refractivity contribution >= 4 is 17.8 Å². The molecule has 10 heteroatoms. The molecule has 2 N–H and O–H groups in total. The second-order valence-electron chi connectivity index (χ2n) is 5.18. The number of benzene rings is 1. The maximum absolute atomic E-state index is 12.0. The number of esters is 1. The van der Waals surface area contributed by atoms with Crippen molar-refractivity contribution in [1.82, 2.24) is 10.9 Å². The van der Waals surface area contributed by atoms with Gasteiger partial charge in [-0.25, -0.2) is 4.79 Å². The van der Waals surface area contributed by atoms with Crippen molar-refractivity contribution in [2.75, 3.05) is 26.4 Å². The zero-order valence-electron chi connectivity index (χ0n) is 13.6. The second kappa shape index (κ2) is 8.10. The standard InChI is InChI=1S/C16H16N2O8/c19-14(9-25-16(21)13-7-22-5-6-23-13)17-18-15(20)12-8-24-10-3-1-2-4-11(10)26-12/h1-4,7,12H,5-6,8-9H2,(H,17,19)(H,18,20)/t12-/m0/s1. The fourth-order valence-electron chi connectivity index (χ4n) is 2.07. The summed E-state index contributed by atoms with van der Waals surface area (Å²) in [6, 6.07) is 6.91. The van der Waals surface area contributed by atoms with Crippen molar-refractivity contribution in [3.05, 3.63) is 36.3 Å². The number of ether oxygens (including phenoxy) is 5. The number of fused-ring (bicyclic) bond motifs is 1. The predicted molar refractivity (Wildman–Crippen MR) is 83.6 cm³/mol. The van der Waals surface area contributed by atoms with E-state index in [1.807, 2.05) is 0 Å². The van der Waals surface area contributed by atoms with E-state index in [-0.39, 0.29) is 19.0 Å². The van der Waals surface area contributed by atoms with Crippen molar-refractivity contribution in [1.29, 1.82) is 0 Å². The van der Waals surface area contributed by atoms with E-state index in [0.717, 1.165) is 6.26 Å². The highest BCUT2D eigenvalue weighted by atomic mass is 16.6. The number of hydrogen-bond donors (Lipinski definition) is 2. The molecule has 0 saturated heterocycles. The molecule has 0 spiro atoms. The molecule has 1 atom stereocenters. The monoisotopic (exact) mass is 364 g/mol. The largest absolute Gasteiger partial charge is 0.493 e.